The summed E-state index contributed by atoms with van der Waals surface area (Å²) in [7, 11) is 0. The Kier molecular flexibility index (Phi) is 4.37. The maximum Gasteiger partial charge on any atom is 0.293 e. The summed E-state index contributed by atoms with van der Waals surface area (Å²) in [5.41, 5.74) is 4.95. The van der Waals surface area contributed by atoms with Crippen molar-refractivity contribution in [2.45, 2.75) is 22.5 Å². The van der Waals surface area contributed by atoms with E-state index in [1.165, 1.54) is 6.07 Å². The van der Waals surface area contributed by atoms with Crippen LogP contribution in [0.3, 0.4) is 0 Å². The van der Waals surface area contributed by atoms with Gasteiger partial charge in [-0.25, -0.2) is 4.90 Å². The third kappa shape index (κ3) is 2.35. The molecule has 170 valence electrons. The molecule has 4 aliphatic rings. The summed E-state index contributed by atoms with van der Waals surface area (Å²) >= 11 is 7.90. The van der Waals surface area contributed by atoms with Crippen LogP contribution in [0.15, 0.2) is 60.7 Å². The molecule has 0 N–H and O–H groups in total. The average Bonchev–Trinajstić information content (AvgIpc) is 3.10. The standard InChI is InChI=1S/C26H18Br2N2O4/c1-13-11-19(20(30(33)34)12-14(13)2)29-23(31)21-22(24(29)32)26(28)16-8-4-3-7-15(16)25(21,27)17-9-5-6-10-18(17)26/h3-12,21-22H,1-2H3/t21-,22-,25?,26?/m0/s1. The molecule has 0 radical (unpaired) electrons. The maximum absolute atomic E-state index is 14.1. The molecule has 3 aromatic carbocycles. The fourth-order valence-electron chi connectivity index (χ4n) is 6.02. The van der Waals surface area contributed by atoms with Crippen LogP contribution in [0.5, 0.6) is 0 Å². The predicted octanol–water partition coefficient (Wildman–Crippen LogP) is 5.62. The quantitative estimate of drug-likeness (QED) is 0.170. The van der Waals surface area contributed by atoms with Crippen molar-refractivity contribution in [1.82, 2.24) is 0 Å². The van der Waals surface area contributed by atoms with E-state index < -0.39 is 37.2 Å². The molecular formula is C26H18Br2N2O4. The summed E-state index contributed by atoms with van der Waals surface area (Å²) in [5, 5.41) is 11.9. The number of anilines is 1. The minimum Gasteiger partial charge on any atom is -0.274 e. The van der Waals surface area contributed by atoms with E-state index in [0.29, 0.717) is 0 Å². The van der Waals surface area contributed by atoms with Crippen LogP contribution in [0.2, 0.25) is 0 Å². The lowest BCUT2D eigenvalue weighted by Crippen LogP contribution is -2.56. The number of imide groups is 1. The maximum atomic E-state index is 14.1. The molecular weight excluding hydrogens is 564 g/mol. The number of halogens is 2. The topological polar surface area (TPSA) is 80.5 Å². The van der Waals surface area contributed by atoms with Gasteiger partial charge in [0.15, 0.2) is 0 Å². The van der Waals surface area contributed by atoms with Crippen molar-refractivity contribution in [2.75, 3.05) is 4.90 Å². The second kappa shape index (κ2) is 6.86. The lowest BCUT2D eigenvalue weighted by atomic mass is 9.54. The zero-order valence-electron chi connectivity index (χ0n) is 18.2. The second-order valence-corrected chi connectivity index (χ2v) is 11.7. The average molecular weight is 582 g/mol. The first-order valence-electron chi connectivity index (χ1n) is 10.8. The fraction of sp³-hybridized carbons (Fsp3) is 0.231. The van der Waals surface area contributed by atoms with Gasteiger partial charge in [0.05, 0.1) is 25.4 Å². The Bertz CT molecular complexity index is 1350. The number of nitrogens with zero attached hydrogens (tertiary/aromatic N) is 2. The van der Waals surface area contributed by atoms with E-state index >= 15 is 0 Å². The van der Waals surface area contributed by atoms with Gasteiger partial charge >= 0.3 is 0 Å². The van der Waals surface area contributed by atoms with Crippen LogP contribution in [-0.4, -0.2) is 16.7 Å². The molecule has 1 aliphatic heterocycles. The van der Waals surface area contributed by atoms with Gasteiger partial charge in [0.1, 0.15) is 5.69 Å². The summed E-state index contributed by atoms with van der Waals surface area (Å²) < 4.78 is -1.87. The number of hydrogen-bond donors (Lipinski definition) is 0. The van der Waals surface area contributed by atoms with E-state index in [1.54, 1.807) is 13.0 Å². The van der Waals surface area contributed by atoms with Crippen LogP contribution < -0.4 is 4.90 Å². The Morgan fingerprint density at radius 3 is 1.56 bits per heavy atom. The number of amides is 2. The van der Waals surface area contributed by atoms with Crippen molar-refractivity contribution in [3.05, 3.63) is 104 Å². The molecule has 8 heteroatoms. The molecule has 2 amide bonds. The van der Waals surface area contributed by atoms with Crippen molar-refractivity contribution >= 4 is 55.0 Å². The van der Waals surface area contributed by atoms with Crippen molar-refractivity contribution in [3.63, 3.8) is 0 Å². The van der Waals surface area contributed by atoms with Crippen LogP contribution >= 0.6 is 31.9 Å². The van der Waals surface area contributed by atoms with Crippen LogP contribution in [0, 0.1) is 35.8 Å². The summed E-state index contributed by atoms with van der Waals surface area (Å²) in [6.45, 7) is 3.59. The summed E-state index contributed by atoms with van der Waals surface area (Å²) in [6, 6.07) is 18.6. The number of carbonyl (C=O) groups excluding carboxylic acids is 2. The summed E-state index contributed by atoms with van der Waals surface area (Å²) in [4.78, 5) is 40.7. The first kappa shape index (κ1) is 21.7. The molecule has 3 aromatic rings. The second-order valence-electron chi connectivity index (χ2n) is 9.16. The van der Waals surface area contributed by atoms with Gasteiger partial charge in [-0.1, -0.05) is 80.4 Å². The van der Waals surface area contributed by atoms with E-state index in [0.717, 1.165) is 38.3 Å². The molecule has 1 fully saturated rings. The van der Waals surface area contributed by atoms with Gasteiger partial charge in [0.2, 0.25) is 11.8 Å². The number of nitro benzene ring substituents is 1. The number of alkyl halides is 2. The molecule has 0 aromatic heterocycles. The monoisotopic (exact) mass is 580 g/mol. The minimum absolute atomic E-state index is 0.0252. The minimum atomic E-state index is -0.934. The van der Waals surface area contributed by atoms with E-state index in [2.05, 4.69) is 31.9 Å². The molecule has 0 unspecified atom stereocenters. The van der Waals surface area contributed by atoms with Gasteiger partial charge in [-0.2, -0.15) is 0 Å². The van der Waals surface area contributed by atoms with Crippen LogP contribution in [0.1, 0.15) is 33.4 Å². The number of carbonyl (C=O) groups is 2. The molecule has 6 nitrogen and oxygen atoms in total. The Balaban J connectivity index is 1.65. The number of nitro groups is 1. The molecule has 2 atom stereocenters. The van der Waals surface area contributed by atoms with Crippen molar-refractivity contribution < 1.29 is 14.5 Å². The largest absolute Gasteiger partial charge is 0.293 e. The number of aryl methyl sites for hydroxylation is 2. The van der Waals surface area contributed by atoms with Crippen LogP contribution in [-0.2, 0) is 18.2 Å². The molecule has 1 heterocycles. The van der Waals surface area contributed by atoms with Crippen molar-refractivity contribution in [2.24, 2.45) is 11.8 Å². The van der Waals surface area contributed by atoms with Gasteiger partial charge in [-0.05, 0) is 53.3 Å². The Hall–Kier alpha value is -2.84. The van der Waals surface area contributed by atoms with E-state index in [4.69, 9.17) is 0 Å². The fourth-order valence-corrected chi connectivity index (χ4v) is 8.32. The Morgan fingerprint density at radius 1 is 0.794 bits per heavy atom. The summed E-state index contributed by atoms with van der Waals surface area (Å²) in [5.74, 6) is -2.42. The predicted molar refractivity (Wildman–Crippen MR) is 134 cm³/mol. The van der Waals surface area contributed by atoms with Gasteiger partial charge < -0.3 is 0 Å². The van der Waals surface area contributed by atoms with Crippen molar-refractivity contribution in [1.29, 1.82) is 0 Å². The van der Waals surface area contributed by atoms with E-state index in [9.17, 15) is 19.7 Å². The molecule has 0 spiro atoms. The number of hydrogen-bond acceptors (Lipinski definition) is 4. The summed E-state index contributed by atoms with van der Waals surface area (Å²) in [6.07, 6.45) is 0. The normalized spacial score (nSPS) is 28.5. The Morgan fingerprint density at radius 2 is 1.18 bits per heavy atom. The highest BCUT2D eigenvalue weighted by atomic mass is 79.9. The van der Waals surface area contributed by atoms with Crippen molar-refractivity contribution in [3.8, 4) is 0 Å². The van der Waals surface area contributed by atoms with E-state index in [-0.39, 0.29) is 11.4 Å². The zero-order chi connectivity index (χ0) is 24.2. The highest BCUT2D eigenvalue weighted by Gasteiger charge is 2.72. The molecule has 3 aliphatic carbocycles. The van der Waals surface area contributed by atoms with Gasteiger partial charge in [0.25, 0.3) is 5.69 Å². The molecule has 0 saturated carbocycles. The Labute approximate surface area is 212 Å². The molecule has 34 heavy (non-hydrogen) atoms. The smallest absolute Gasteiger partial charge is 0.274 e. The number of benzene rings is 3. The van der Waals surface area contributed by atoms with Crippen LogP contribution in [0.25, 0.3) is 0 Å². The molecule has 2 bridgehead atoms. The van der Waals surface area contributed by atoms with Gasteiger partial charge in [-0.3, -0.25) is 19.7 Å². The first-order chi connectivity index (χ1) is 16.1. The van der Waals surface area contributed by atoms with Gasteiger partial charge in [0, 0.05) is 6.07 Å². The van der Waals surface area contributed by atoms with E-state index in [1.807, 2.05) is 55.5 Å². The number of rotatable bonds is 2. The molecule has 1 saturated heterocycles. The lowest BCUT2D eigenvalue weighted by Gasteiger charge is -2.55. The zero-order valence-corrected chi connectivity index (χ0v) is 21.4. The van der Waals surface area contributed by atoms with Crippen LogP contribution in [0.4, 0.5) is 11.4 Å². The first-order valence-corrected chi connectivity index (χ1v) is 12.4. The SMILES string of the molecule is Cc1cc(N2C(=O)[C@@H]3[C@@H](C2=O)C2(Br)c4ccccc4C3(Br)c3ccccc32)c([N+](=O)[O-])cc1C. The third-order valence-corrected chi connectivity index (χ3v) is 10.3. The third-order valence-electron chi connectivity index (χ3n) is 7.61. The highest BCUT2D eigenvalue weighted by molar-refractivity contribution is 9.10. The highest BCUT2D eigenvalue weighted by Crippen LogP contribution is 2.71. The van der Waals surface area contributed by atoms with Gasteiger partial charge in [-0.15, -0.1) is 0 Å². The lowest BCUT2D eigenvalue weighted by molar-refractivity contribution is -0.384. The molecule has 7 rings (SSSR count).